The average Bonchev–Trinajstić information content (AvgIpc) is 3.24. The molecule has 32 heavy (non-hydrogen) atoms. The van der Waals surface area contributed by atoms with Gasteiger partial charge in [0.1, 0.15) is 6.04 Å². The predicted octanol–water partition coefficient (Wildman–Crippen LogP) is 3.78. The number of amides is 1. The molecule has 2 heterocycles. The third-order valence-corrected chi connectivity index (χ3v) is 5.49. The van der Waals surface area contributed by atoms with Crippen molar-refractivity contribution < 1.29 is 14.3 Å². The molecular weight excluding hydrogens is 404 g/mol. The molecule has 1 atom stereocenters. The molecule has 5 rings (SSSR count). The number of aromatic amines is 1. The van der Waals surface area contributed by atoms with Crippen molar-refractivity contribution in [1.29, 1.82) is 0 Å². The lowest BCUT2D eigenvalue weighted by atomic mass is 10.0. The summed E-state index contributed by atoms with van der Waals surface area (Å²) in [6, 6.07) is 19.7. The summed E-state index contributed by atoms with van der Waals surface area (Å²) in [4.78, 5) is 37.8. The summed E-state index contributed by atoms with van der Waals surface area (Å²) in [5.74, 6) is -0.882. The van der Waals surface area contributed by atoms with Gasteiger partial charge in [0, 0.05) is 29.1 Å². The minimum absolute atomic E-state index is 0.306. The quantitative estimate of drug-likeness (QED) is 0.331. The Bertz CT molecular complexity index is 1470. The molecule has 158 valence electrons. The fourth-order valence-electron chi connectivity index (χ4n) is 3.86. The van der Waals surface area contributed by atoms with Crippen LogP contribution in [0.2, 0.25) is 0 Å². The van der Waals surface area contributed by atoms with Crippen LogP contribution in [0.1, 0.15) is 15.9 Å². The molecule has 7 nitrogen and oxygen atoms in total. The van der Waals surface area contributed by atoms with Gasteiger partial charge >= 0.3 is 5.97 Å². The summed E-state index contributed by atoms with van der Waals surface area (Å²) in [6.45, 7) is 0. The van der Waals surface area contributed by atoms with Gasteiger partial charge in [0.05, 0.1) is 29.2 Å². The number of fused-ring (bicyclic) bond motifs is 3. The van der Waals surface area contributed by atoms with E-state index in [0.29, 0.717) is 23.0 Å². The summed E-state index contributed by atoms with van der Waals surface area (Å²) < 4.78 is 4.94. The van der Waals surface area contributed by atoms with E-state index in [0.717, 1.165) is 27.5 Å². The highest BCUT2D eigenvalue weighted by Crippen LogP contribution is 2.20. The standard InChI is InChI=1S/C25H20N4O3/c1-32-25(31)23(13-16-14-26-18-7-3-2-6-17(16)18)29-24(30)15-10-11-21-22(12-15)28-20-9-5-4-8-19(20)27-21/h2-12,14,23,26H,13H2,1H3,(H,29,30)/t23-/m0/s1. The summed E-state index contributed by atoms with van der Waals surface area (Å²) in [7, 11) is 1.31. The van der Waals surface area contributed by atoms with E-state index in [-0.39, 0.29) is 5.91 Å². The minimum atomic E-state index is -0.829. The van der Waals surface area contributed by atoms with Crippen molar-refractivity contribution in [1.82, 2.24) is 20.3 Å². The number of carbonyl (C=O) groups is 2. The van der Waals surface area contributed by atoms with Gasteiger partial charge in [0.15, 0.2) is 0 Å². The number of ether oxygens (including phenoxy) is 1. The zero-order valence-electron chi connectivity index (χ0n) is 17.3. The fourth-order valence-corrected chi connectivity index (χ4v) is 3.86. The van der Waals surface area contributed by atoms with Crippen LogP contribution >= 0.6 is 0 Å². The first kappa shape index (κ1) is 19.7. The number of rotatable bonds is 5. The minimum Gasteiger partial charge on any atom is -0.467 e. The van der Waals surface area contributed by atoms with Gasteiger partial charge in [-0.15, -0.1) is 0 Å². The van der Waals surface area contributed by atoms with Crippen molar-refractivity contribution in [2.75, 3.05) is 7.11 Å². The molecular formula is C25H20N4O3. The van der Waals surface area contributed by atoms with Crippen LogP contribution in [0.15, 0.2) is 72.9 Å². The fraction of sp³-hybridized carbons (Fsp3) is 0.120. The number of aromatic nitrogens is 3. The first-order valence-electron chi connectivity index (χ1n) is 10.2. The Hall–Kier alpha value is -4.26. The largest absolute Gasteiger partial charge is 0.467 e. The monoisotopic (exact) mass is 424 g/mol. The molecule has 7 heteroatoms. The van der Waals surface area contributed by atoms with Crippen LogP contribution < -0.4 is 5.32 Å². The molecule has 0 spiro atoms. The Balaban J connectivity index is 1.43. The highest BCUT2D eigenvalue weighted by Gasteiger charge is 2.24. The van der Waals surface area contributed by atoms with E-state index in [9.17, 15) is 9.59 Å². The number of nitrogens with zero attached hydrogens (tertiary/aromatic N) is 2. The maximum atomic E-state index is 13.0. The van der Waals surface area contributed by atoms with Crippen LogP contribution in [0.3, 0.4) is 0 Å². The maximum absolute atomic E-state index is 13.0. The Morgan fingerprint density at radius 1 is 0.938 bits per heavy atom. The van der Waals surface area contributed by atoms with E-state index in [1.807, 2.05) is 54.7 Å². The van der Waals surface area contributed by atoms with E-state index in [1.165, 1.54) is 7.11 Å². The first-order chi connectivity index (χ1) is 15.6. The molecule has 0 saturated carbocycles. The molecule has 5 aromatic rings. The van der Waals surface area contributed by atoms with Crippen molar-refractivity contribution in [2.45, 2.75) is 12.5 Å². The molecule has 3 aromatic carbocycles. The maximum Gasteiger partial charge on any atom is 0.328 e. The van der Waals surface area contributed by atoms with E-state index in [1.54, 1.807) is 18.2 Å². The van der Waals surface area contributed by atoms with Crippen LogP contribution in [0.4, 0.5) is 0 Å². The highest BCUT2D eigenvalue weighted by molar-refractivity contribution is 6.00. The van der Waals surface area contributed by atoms with E-state index in [2.05, 4.69) is 20.3 Å². The van der Waals surface area contributed by atoms with Gasteiger partial charge in [-0.25, -0.2) is 14.8 Å². The van der Waals surface area contributed by atoms with Crippen LogP contribution in [0, 0.1) is 0 Å². The second-order valence-corrected chi connectivity index (χ2v) is 7.53. The van der Waals surface area contributed by atoms with Gasteiger partial charge in [-0.05, 0) is 42.0 Å². The second-order valence-electron chi connectivity index (χ2n) is 7.53. The molecule has 0 radical (unpaired) electrons. The molecule has 0 aliphatic heterocycles. The summed E-state index contributed by atoms with van der Waals surface area (Å²) in [5.41, 5.74) is 5.15. The highest BCUT2D eigenvalue weighted by atomic mass is 16.5. The normalized spacial score (nSPS) is 12.2. The molecule has 0 aliphatic rings. The van der Waals surface area contributed by atoms with Gasteiger partial charge in [0.25, 0.3) is 5.91 Å². The number of nitrogens with one attached hydrogen (secondary N) is 2. The van der Waals surface area contributed by atoms with Gasteiger partial charge < -0.3 is 15.0 Å². The number of hydrogen-bond donors (Lipinski definition) is 2. The molecule has 0 saturated heterocycles. The molecule has 2 N–H and O–H groups in total. The Labute approximate surface area is 183 Å². The first-order valence-corrected chi connectivity index (χ1v) is 10.2. The topological polar surface area (TPSA) is 97.0 Å². The Morgan fingerprint density at radius 3 is 2.41 bits per heavy atom. The number of H-pyrrole nitrogens is 1. The predicted molar refractivity (Wildman–Crippen MR) is 122 cm³/mol. The van der Waals surface area contributed by atoms with Gasteiger partial charge in [-0.2, -0.15) is 0 Å². The van der Waals surface area contributed by atoms with E-state index >= 15 is 0 Å². The smallest absolute Gasteiger partial charge is 0.328 e. The van der Waals surface area contributed by atoms with Gasteiger partial charge in [0.2, 0.25) is 0 Å². The van der Waals surface area contributed by atoms with Crippen LogP contribution in [-0.2, 0) is 16.0 Å². The number of methoxy groups -OCH3 is 1. The molecule has 0 bridgehead atoms. The molecule has 2 aromatic heterocycles. The lowest BCUT2D eigenvalue weighted by Crippen LogP contribution is -2.43. The van der Waals surface area contributed by atoms with E-state index < -0.39 is 12.0 Å². The number of carbonyl (C=O) groups excluding carboxylic acids is 2. The number of hydrogen-bond acceptors (Lipinski definition) is 5. The van der Waals surface area contributed by atoms with Crippen LogP contribution in [-0.4, -0.2) is 40.0 Å². The molecule has 0 aliphatic carbocycles. The van der Waals surface area contributed by atoms with Crippen molar-refractivity contribution in [3.63, 3.8) is 0 Å². The zero-order chi connectivity index (χ0) is 22.1. The van der Waals surface area contributed by atoms with Crippen molar-refractivity contribution in [3.8, 4) is 0 Å². The lowest BCUT2D eigenvalue weighted by molar-refractivity contribution is -0.142. The second kappa shape index (κ2) is 8.11. The number of benzene rings is 3. The van der Waals surface area contributed by atoms with Crippen molar-refractivity contribution >= 4 is 44.8 Å². The molecule has 1 amide bonds. The van der Waals surface area contributed by atoms with Crippen LogP contribution in [0.5, 0.6) is 0 Å². The lowest BCUT2D eigenvalue weighted by Gasteiger charge is -2.16. The average molecular weight is 424 g/mol. The summed E-state index contributed by atoms with van der Waals surface area (Å²) in [5, 5.41) is 3.82. The Morgan fingerprint density at radius 2 is 1.62 bits per heavy atom. The number of para-hydroxylation sites is 3. The third-order valence-electron chi connectivity index (χ3n) is 5.49. The SMILES string of the molecule is COC(=O)[C@H](Cc1c[nH]c2ccccc12)NC(=O)c1ccc2nc3ccccc3nc2c1. The van der Waals surface area contributed by atoms with Gasteiger partial charge in [-0.1, -0.05) is 30.3 Å². The zero-order valence-corrected chi connectivity index (χ0v) is 17.3. The van der Waals surface area contributed by atoms with E-state index in [4.69, 9.17) is 4.74 Å². The number of esters is 1. The molecule has 0 fully saturated rings. The molecule has 0 unspecified atom stereocenters. The third kappa shape index (κ3) is 3.65. The van der Waals surface area contributed by atoms with Crippen LogP contribution in [0.25, 0.3) is 33.0 Å². The van der Waals surface area contributed by atoms with Crippen molar-refractivity contribution in [3.05, 3.63) is 84.1 Å². The summed E-state index contributed by atoms with van der Waals surface area (Å²) in [6.07, 6.45) is 2.16. The van der Waals surface area contributed by atoms with Crippen molar-refractivity contribution in [2.24, 2.45) is 0 Å². The van der Waals surface area contributed by atoms with Gasteiger partial charge in [-0.3, -0.25) is 4.79 Å². The summed E-state index contributed by atoms with van der Waals surface area (Å²) >= 11 is 0. The Kier molecular flexibility index (Phi) is 4.99.